The van der Waals surface area contributed by atoms with Gasteiger partial charge in [-0.05, 0) is 12.5 Å². The molecule has 8 heteroatoms. The number of hydrazine groups is 1. The average molecular weight is 319 g/mol. The largest absolute Gasteiger partial charge is 0.493 e. The summed E-state index contributed by atoms with van der Waals surface area (Å²) in [5, 5.41) is 0.685. The lowest BCUT2D eigenvalue weighted by Crippen LogP contribution is -2.44. The fraction of sp³-hybridized carbons (Fsp3) is 0.400. The van der Waals surface area contributed by atoms with E-state index in [0.29, 0.717) is 34.8 Å². The second kappa shape index (κ2) is 7.59. The molecule has 0 radical (unpaired) electrons. The molecule has 8 nitrogen and oxygen atoms in total. The number of aromatic nitrogens is 2. The predicted molar refractivity (Wildman–Crippen MR) is 87.6 cm³/mol. The summed E-state index contributed by atoms with van der Waals surface area (Å²) in [7, 11) is 3.11. The van der Waals surface area contributed by atoms with Crippen molar-refractivity contribution in [3.8, 4) is 11.5 Å². The SMILES string of the molecule is CCCCN(C(=O)NN)c1ncnc2cc(OC)c(OC)cc12. The smallest absolute Gasteiger partial charge is 0.337 e. The monoisotopic (exact) mass is 319 g/mol. The number of nitrogens with zero attached hydrogens (tertiary/aromatic N) is 3. The molecule has 2 aromatic rings. The standard InChI is InChI=1S/C15H21N5O3/c1-4-5-6-20(15(21)19-16)14-10-7-12(22-2)13(23-3)8-11(10)17-9-18-14/h7-9H,4-6,16H2,1-3H3,(H,19,21). The van der Waals surface area contributed by atoms with Crippen LogP contribution in [0.3, 0.4) is 0 Å². The molecule has 23 heavy (non-hydrogen) atoms. The predicted octanol–water partition coefficient (Wildman–Crippen LogP) is 1.84. The number of urea groups is 1. The zero-order valence-corrected chi connectivity index (χ0v) is 13.5. The molecule has 2 amide bonds. The second-order valence-electron chi connectivity index (χ2n) is 4.88. The number of benzene rings is 1. The molecule has 0 fully saturated rings. The molecule has 0 unspecified atom stereocenters. The van der Waals surface area contributed by atoms with Gasteiger partial charge in [-0.15, -0.1) is 0 Å². The average Bonchev–Trinajstić information content (AvgIpc) is 2.60. The summed E-state index contributed by atoms with van der Waals surface area (Å²) in [5.41, 5.74) is 2.81. The summed E-state index contributed by atoms with van der Waals surface area (Å²) in [5.74, 6) is 6.88. The van der Waals surface area contributed by atoms with Gasteiger partial charge in [0.15, 0.2) is 11.5 Å². The first-order valence-electron chi connectivity index (χ1n) is 7.31. The van der Waals surface area contributed by atoms with Crippen LogP contribution < -0.4 is 25.6 Å². The lowest BCUT2D eigenvalue weighted by atomic mass is 10.2. The summed E-state index contributed by atoms with van der Waals surface area (Å²) in [4.78, 5) is 22.1. The van der Waals surface area contributed by atoms with Gasteiger partial charge in [-0.2, -0.15) is 0 Å². The molecular formula is C15H21N5O3. The third-order valence-corrected chi connectivity index (χ3v) is 3.48. The highest BCUT2D eigenvalue weighted by Gasteiger charge is 2.20. The number of hydrogen-bond donors (Lipinski definition) is 2. The molecule has 0 aliphatic carbocycles. The summed E-state index contributed by atoms with van der Waals surface area (Å²) < 4.78 is 10.6. The van der Waals surface area contributed by atoms with Gasteiger partial charge in [-0.1, -0.05) is 13.3 Å². The maximum atomic E-state index is 12.1. The minimum absolute atomic E-state index is 0.423. The molecule has 2 rings (SSSR count). The van der Waals surface area contributed by atoms with Crippen molar-refractivity contribution in [2.45, 2.75) is 19.8 Å². The number of nitrogens with two attached hydrogens (primary N) is 1. The third kappa shape index (κ3) is 3.42. The van der Waals surface area contributed by atoms with Gasteiger partial charge in [0.1, 0.15) is 12.1 Å². The molecule has 1 heterocycles. The van der Waals surface area contributed by atoms with Crippen LogP contribution in [0, 0.1) is 0 Å². The number of rotatable bonds is 6. The first-order chi connectivity index (χ1) is 11.2. The minimum Gasteiger partial charge on any atom is -0.493 e. The molecule has 0 saturated heterocycles. The Morgan fingerprint density at radius 3 is 2.57 bits per heavy atom. The van der Waals surface area contributed by atoms with E-state index in [4.69, 9.17) is 15.3 Å². The number of carbonyl (C=O) groups is 1. The maximum Gasteiger partial charge on any atom is 0.337 e. The van der Waals surface area contributed by atoms with Gasteiger partial charge in [0, 0.05) is 18.0 Å². The van der Waals surface area contributed by atoms with E-state index in [-0.39, 0.29) is 0 Å². The number of unbranched alkanes of at least 4 members (excludes halogenated alkanes) is 1. The van der Waals surface area contributed by atoms with Crippen molar-refractivity contribution in [2.75, 3.05) is 25.7 Å². The highest BCUT2D eigenvalue weighted by molar-refractivity contribution is 6.00. The van der Waals surface area contributed by atoms with E-state index in [0.717, 1.165) is 12.8 Å². The van der Waals surface area contributed by atoms with Crippen LogP contribution in [0.15, 0.2) is 18.5 Å². The highest BCUT2D eigenvalue weighted by atomic mass is 16.5. The van der Waals surface area contributed by atoms with Crippen LogP contribution in [-0.2, 0) is 0 Å². The van der Waals surface area contributed by atoms with Crippen molar-refractivity contribution in [3.63, 3.8) is 0 Å². The first-order valence-corrected chi connectivity index (χ1v) is 7.31. The molecule has 3 N–H and O–H groups in total. The Balaban J connectivity index is 2.59. The Kier molecular flexibility index (Phi) is 5.53. The normalized spacial score (nSPS) is 10.4. The maximum absolute atomic E-state index is 12.1. The van der Waals surface area contributed by atoms with E-state index in [9.17, 15) is 4.79 Å². The van der Waals surface area contributed by atoms with Crippen LogP contribution in [0.2, 0.25) is 0 Å². The number of methoxy groups -OCH3 is 2. The molecular weight excluding hydrogens is 298 g/mol. The van der Waals surface area contributed by atoms with Gasteiger partial charge in [0.25, 0.3) is 0 Å². The minimum atomic E-state index is -0.423. The molecule has 0 saturated carbocycles. The van der Waals surface area contributed by atoms with Crippen LogP contribution in [0.1, 0.15) is 19.8 Å². The zero-order valence-electron chi connectivity index (χ0n) is 13.5. The molecule has 0 spiro atoms. The van der Waals surface area contributed by atoms with Crippen molar-refractivity contribution >= 4 is 22.8 Å². The van der Waals surface area contributed by atoms with E-state index in [2.05, 4.69) is 15.4 Å². The number of amides is 2. The Morgan fingerprint density at radius 1 is 1.26 bits per heavy atom. The third-order valence-electron chi connectivity index (χ3n) is 3.48. The topological polar surface area (TPSA) is 103 Å². The van der Waals surface area contributed by atoms with Crippen LogP contribution >= 0.6 is 0 Å². The number of anilines is 1. The van der Waals surface area contributed by atoms with Crippen molar-refractivity contribution in [1.82, 2.24) is 15.4 Å². The molecule has 0 atom stereocenters. The van der Waals surface area contributed by atoms with Gasteiger partial charge >= 0.3 is 6.03 Å². The van der Waals surface area contributed by atoms with Crippen molar-refractivity contribution < 1.29 is 14.3 Å². The molecule has 0 aliphatic rings. The first kappa shape index (κ1) is 16.8. The van der Waals surface area contributed by atoms with E-state index in [1.807, 2.05) is 6.92 Å². The van der Waals surface area contributed by atoms with Gasteiger partial charge < -0.3 is 9.47 Å². The highest BCUT2D eigenvalue weighted by Crippen LogP contribution is 2.34. The number of nitrogens with one attached hydrogen (secondary N) is 1. The van der Waals surface area contributed by atoms with Crippen LogP contribution in [0.25, 0.3) is 10.9 Å². The van der Waals surface area contributed by atoms with Crippen molar-refractivity contribution in [1.29, 1.82) is 0 Å². The van der Waals surface area contributed by atoms with Gasteiger partial charge in [0.05, 0.1) is 19.7 Å². The molecule has 0 bridgehead atoms. The van der Waals surface area contributed by atoms with Crippen molar-refractivity contribution in [2.24, 2.45) is 5.84 Å². The molecule has 0 aliphatic heterocycles. The van der Waals surface area contributed by atoms with Crippen molar-refractivity contribution in [3.05, 3.63) is 18.5 Å². The van der Waals surface area contributed by atoms with Crippen LogP contribution in [-0.4, -0.2) is 36.8 Å². The quantitative estimate of drug-likeness (QED) is 0.478. The van der Waals surface area contributed by atoms with E-state index >= 15 is 0 Å². The Labute approximate surface area is 134 Å². The summed E-state index contributed by atoms with van der Waals surface area (Å²) in [6.07, 6.45) is 3.17. The summed E-state index contributed by atoms with van der Waals surface area (Å²) in [6, 6.07) is 3.08. The van der Waals surface area contributed by atoms with Gasteiger partial charge in [-0.25, -0.2) is 20.6 Å². The summed E-state index contributed by atoms with van der Waals surface area (Å²) in [6.45, 7) is 2.55. The molecule has 124 valence electrons. The summed E-state index contributed by atoms with van der Waals surface area (Å²) >= 11 is 0. The fourth-order valence-electron chi connectivity index (χ4n) is 2.28. The lowest BCUT2D eigenvalue weighted by Gasteiger charge is -2.22. The number of carbonyl (C=O) groups excluding carboxylic acids is 1. The van der Waals surface area contributed by atoms with Crippen LogP contribution in [0.4, 0.5) is 10.6 Å². The Bertz CT molecular complexity index is 692. The Hall–Kier alpha value is -2.61. The molecule has 1 aromatic carbocycles. The number of hydrogen-bond acceptors (Lipinski definition) is 6. The second-order valence-corrected chi connectivity index (χ2v) is 4.88. The van der Waals surface area contributed by atoms with E-state index in [1.54, 1.807) is 26.4 Å². The lowest BCUT2D eigenvalue weighted by molar-refractivity contribution is 0.246. The number of fused-ring (bicyclic) bond motifs is 1. The van der Waals surface area contributed by atoms with E-state index < -0.39 is 6.03 Å². The van der Waals surface area contributed by atoms with Crippen LogP contribution in [0.5, 0.6) is 11.5 Å². The van der Waals surface area contributed by atoms with Gasteiger partial charge in [0.2, 0.25) is 0 Å². The molecule has 1 aromatic heterocycles. The fourth-order valence-corrected chi connectivity index (χ4v) is 2.28. The zero-order chi connectivity index (χ0) is 16.8. The van der Waals surface area contributed by atoms with E-state index in [1.165, 1.54) is 11.2 Å². The Morgan fingerprint density at radius 2 is 1.96 bits per heavy atom. The number of ether oxygens (including phenoxy) is 2. The van der Waals surface area contributed by atoms with Gasteiger partial charge in [-0.3, -0.25) is 10.3 Å².